The highest BCUT2D eigenvalue weighted by Crippen LogP contribution is 2.23. The van der Waals surface area contributed by atoms with Gasteiger partial charge < -0.3 is 15.1 Å². The van der Waals surface area contributed by atoms with Crippen LogP contribution in [0.25, 0.3) is 0 Å². The minimum absolute atomic E-state index is 0.104. The molecule has 5 heteroatoms. The molecule has 2 aromatic rings. The molecule has 2 aliphatic heterocycles. The van der Waals surface area contributed by atoms with Crippen molar-refractivity contribution in [3.05, 3.63) is 71.8 Å². The summed E-state index contributed by atoms with van der Waals surface area (Å²) in [6.45, 7) is 5.65. The van der Waals surface area contributed by atoms with Crippen molar-refractivity contribution in [2.45, 2.75) is 44.9 Å². The van der Waals surface area contributed by atoms with E-state index in [1.165, 1.54) is 37.9 Å². The number of amides is 2. The van der Waals surface area contributed by atoms with E-state index in [9.17, 15) is 9.59 Å². The van der Waals surface area contributed by atoms with Crippen LogP contribution in [0.1, 0.15) is 54.4 Å². The molecule has 0 atom stereocenters. The molecule has 0 saturated carbocycles. The normalized spacial score (nSPS) is 18.1. The van der Waals surface area contributed by atoms with Crippen LogP contribution in [-0.4, -0.2) is 60.9 Å². The van der Waals surface area contributed by atoms with E-state index in [1.54, 1.807) is 0 Å². The highest BCUT2D eigenvalue weighted by Gasteiger charge is 2.25. The van der Waals surface area contributed by atoms with E-state index in [1.807, 2.05) is 35.2 Å². The monoisotopic (exact) mass is 461 g/mol. The van der Waals surface area contributed by atoms with Gasteiger partial charge in [-0.3, -0.25) is 9.59 Å². The van der Waals surface area contributed by atoms with Crippen LogP contribution >= 0.6 is 0 Å². The second-order valence-corrected chi connectivity index (χ2v) is 9.98. The number of hydrogen-bond donors (Lipinski definition) is 1. The largest absolute Gasteiger partial charge is 0.356 e. The Morgan fingerprint density at radius 3 is 2.09 bits per heavy atom. The van der Waals surface area contributed by atoms with Crippen LogP contribution < -0.4 is 5.32 Å². The first-order valence-corrected chi connectivity index (χ1v) is 13.0. The number of carbonyl (C=O) groups is 2. The zero-order chi connectivity index (χ0) is 23.6. The maximum absolute atomic E-state index is 12.6. The summed E-state index contributed by atoms with van der Waals surface area (Å²) >= 11 is 0. The van der Waals surface area contributed by atoms with Gasteiger partial charge in [0, 0.05) is 31.6 Å². The molecule has 5 nitrogen and oxygen atoms in total. The number of rotatable bonds is 9. The second kappa shape index (κ2) is 12.7. The lowest BCUT2D eigenvalue weighted by Gasteiger charge is -2.32. The van der Waals surface area contributed by atoms with Gasteiger partial charge in [0.05, 0.1) is 0 Å². The Morgan fingerprint density at radius 1 is 0.794 bits per heavy atom. The predicted molar refractivity (Wildman–Crippen MR) is 137 cm³/mol. The van der Waals surface area contributed by atoms with Gasteiger partial charge in [0.1, 0.15) is 0 Å². The number of carbonyl (C=O) groups excluding carboxylic acids is 2. The first-order valence-electron chi connectivity index (χ1n) is 13.0. The fourth-order valence-electron chi connectivity index (χ4n) is 5.33. The average molecular weight is 462 g/mol. The van der Waals surface area contributed by atoms with E-state index < -0.39 is 0 Å². The summed E-state index contributed by atoms with van der Waals surface area (Å²) in [5.74, 6) is 1.44. The molecule has 182 valence electrons. The third-order valence-electron chi connectivity index (χ3n) is 7.44. The smallest absolute Gasteiger partial charge is 0.253 e. The van der Waals surface area contributed by atoms with E-state index >= 15 is 0 Å². The van der Waals surface area contributed by atoms with Crippen molar-refractivity contribution in [1.82, 2.24) is 15.1 Å². The van der Waals surface area contributed by atoms with Gasteiger partial charge >= 0.3 is 0 Å². The molecular weight excluding hydrogens is 422 g/mol. The lowest BCUT2D eigenvalue weighted by molar-refractivity contribution is -0.122. The third kappa shape index (κ3) is 7.42. The van der Waals surface area contributed by atoms with Crippen molar-refractivity contribution in [3.8, 4) is 0 Å². The zero-order valence-corrected chi connectivity index (χ0v) is 20.3. The molecule has 2 heterocycles. The first-order chi connectivity index (χ1) is 16.7. The van der Waals surface area contributed by atoms with Crippen LogP contribution in [0.15, 0.2) is 60.7 Å². The Morgan fingerprint density at radius 2 is 1.41 bits per heavy atom. The van der Waals surface area contributed by atoms with Gasteiger partial charge in [0.25, 0.3) is 5.91 Å². The Balaban J connectivity index is 1.05. The van der Waals surface area contributed by atoms with Gasteiger partial charge in [-0.25, -0.2) is 0 Å². The highest BCUT2D eigenvalue weighted by atomic mass is 16.2. The van der Waals surface area contributed by atoms with E-state index in [0.717, 1.165) is 56.9 Å². The summed E-state index contributed by atoms with van der Waals surface area (Å²) in [6.07, 6.45) is 7.15. The number of likely N-dealkylation sites (tertiary alicyclic amines) is 2. The van der Waals surface area contributed by atoms with Crippen LogP contribution in [0.5, 0.6) is 0 Å². The van der Waals surface area contributed by atoms with E-state index in [0.29, 0.717) is 12.3 Å². The second-order valence-electron chi connectivity index (χ2n) is 9.98. The van der Waals surface area contributed by atoms with Crippen molar-refractivity contribution >= 4 is 11.8 Å². The number of piperidine rings is 2. The van der Waals surface area contributed by atoms with Crippen molar-refractivity contribution in [3.63, 3.8) is 0 Å². The minimum atomic E-state index is 0.104. The Kier molecular flexibility index (Phi) is 9.14. The van der Waals surface area contributed by atoms with Crippen molar-refractivity contribution in [2.75, 3.05) is 39.3 Å². The molecule has 0 unspecified atom stereocenters. The fraction of sp³-hybridized carbons (Fsp3) is 0.517. The molecule has 0 bridgehead atoms. The Bertz CT molecular complexity index is 886. The Labute approximate surface area is 204 Å². The molecule has 34 heavy (non-hydrogen) atoms. The third-order valence-corrected chi connectivity index (χ3v) is 7.44. The van der Waals surface area contributed by atoms with Crippen molar-refractivity contribution < 1.29 is 9.59 Å². The van der Waals surface area contributed by atoms with Gasteiger partial charge in [0.15, 0.2) is 0 Å². The maximum atomic E-state index is 12.6. The number of nitrogens with one attached hydrogen (secondary N) is 1. The van der Waals surface area contributed by atoms with Crippen LogP contribution in [0.4, 0.5) is 0 Å². The van der Waals surface area contributed by atoms with E-state index in [-0.39, 0.29) is 11.8 Å². The quantitative estimate of drug-likeness (QED) is 0.564. The van der Waals surface area contributed by atoms with Gasteiger partial charge in [-0.1, -0.05) is 48.5 Å². The van der Waals surface area contributed by atoms with E-state index in [4.69, 9.17) is 0 Å². The molecule has 0 radical (unpaired) electrons. The molecule has 1 N–H and O–H groups in total. The molecule has 2 aromatic carbocycles. The first kappa shape index (κ1) is 24.5. The molecular formula is C29H39N3O2. The van der Waals surface area contributed by atoms with Gasteiger partial charge in [-0.05, 0) is 87.7 Å². The average Bonchev–Trinajstić information content (AvgIpc) is 2.89. The van der Waals surface area contributed by atoms with Crippen LogP contribution in [-0.2, 0) is 11.2 Å². The lowest BCUT2D eigenvalue weighted by atomic mass is 9.90. The van der Waals surface area contributed by atoms with Crippen LogP contribution in [0, 0.1) is 11.8 Å². The van der Waals surface area contributed by atoms with Gasteiger partial charge in [-0.2, -0.15) is 0 Å². The molecule has 2 aliphatic rings. The number of benzene rings is 2. The lowest BCUT2D eigenvalue weighted by Crippen LogP contribution is -2.40. The highest BCUT2D eigenvalue weighted by molar-refractivity contribution is 5.94. The van der Waals surface area contributed by atoms with E-state index in [2.05, 4.69) is 40.5 Å². The van der Waals surface area contributed by atoms with Crippen molar-refractivity contribution in [1.29, 1.82) is 0 Å². The Hall–Kier alpha value is -2.66. The summed E-state index contributed by atoms with van der Waals surface area (Å²) in [7, 11) is 0. The molecule has 0 aromatic heterocycles. The van der Waals surface area contributed by atoms with Crippen LogP contribution in [0.2, 0.25) is 0 Å². The number of hydrogen-bond acceptors (Lipinski definition) is 3. The standard InChI is InChI=1S/C29H39N3O2/c33-28(23-26-14-20-32(21-15-26)29(34)27-10-5-2-6-11-27)30-16-7-17-31-18-12-25(13-19-31)22-24-8-3-1-4-9-24/h1-6,8-11,25-26H,7,12-23H2,(H,30,33). The molecule has 2 fully saturated rings. The molecule has 2 amide bonds. The summed E-state index contributed by atoms with van der Waals surface area (Å²) in [4.78, 5) is 29.5. The van der Waals surface area contributed by atoms with Gasteiger partial charge in [-0.15, -0.1) is 0 Å². The maximum Gasteiger partial charge on any atom is 0.253 e. The van der Waals surface area contributed by atoms with Crippen molar-refractivity contribution in [2.24, 2.45) is 11.8 Å². The summed E-state index contributed by atoms with van der Waals surface area (Å²) in [5, 5.41) is 3.12. The zero-order valence-electron chi connectivity index (χ0n) is 20.3. The molecule has 0 spiro atoms. The molecule has 2 saturated heterocycles. The SMILES string of the molecule is O=C(CC1CCN(C(=O)c2ccccc2)CC1)NCCCN1CCC(Cc2ccccc2)CC1. The molecule has 0 aliphatic carbocycles. The topological polar surface area (TPSA) is 52.7 Å². The fourth-order valence-corrected chi connectivity index (χ4v) is 5.33. The summed E-state index contributed by atoms with van der Waals surface area (Å²) in [5.41, 5.74) is 2.20. The summed E-state index contributed by atoms with van der Waals surface area (Å²) < 4.78 is 0. The molecule has 4 rings (SSSR count). The predicted octanol–water partition coefficient (Wildman–Crippen LogP) is 4.39. The number of nitrogens with zero attached hydrogens (tertiary/aromatic N) is 2. The van der Waals surface area contributed by atoms with Gasteiger partial charge in [0.2, 0.25) is 5.91 Å². The summed E-state index contributed by atoms with van der Waals surface area (Å²) in [6, 6.07) is 20.3. The van der Waals surface area contributed by atoms with Crippen LogP contribution in [0.3, 0.4) is 0 Å². The minimum Gasteiger partial charge on any atom is -0.356 e.